The number of phenols is 1. The van der Waals surface area contributed by atoms with Crippen molar-refractivity contribution in [3.05, 3.63) is 23.6 Å². The van der Waals surface area contributed by atoms with Gasteiger partial charge in [-0.3, -0.25) is 0 Å². The molecule has 0 aliphatic rings. The van der Waals surface area contributed by atoms with Crippen LogP contribution in [-0.2, 0) is 0 Å². The molecule has 0 saturated heterocycles. The summed E-state index contributed by atoms with van der Waals surface area (Å²) in [5.74, 6) is 0.730. The molecule has 0 aliphatic heterocycles. The Kier molecular flexibility index (Phi) is 1.66. The van der Waals surface area contributed by atoms with E-state index in [-0.39, 0.29) is 5.75 Å². The van der Waals surface area contributed by atoms with Crippen molar-refractivity contribution in [1.29, 1.82) is 0 Å². The van der Waals surface area contributed by atoms with Crippen molar-refractivity contribution in [3.63, 3.8) is 0 Å². The fourth-order valence-corrected chi connectivity index (χ4v) is 1.94. The summed E-state index contributed by atoms with van der Waals surface area (Å²) in [6.07, 6.45) is 0. The highest BCUT2D eigenvalue weighted by Gasteiger charge is 2.03. The third kappa shape index (κ3) is 1.02. The number of hydrogen-bond acceptors (Lipinski definition) is 3. The number of hydrogen-bond donors (Lipinski definition) is 1. The highest BCUT2D eigenvalue weighted by Crippen LogP contribution is 2.33. The summed E-state index contributed by atoms with van der Waals surface area (Å²) in [7, 11) is 1.55. The summed E-state index contributed by atoms with van der Waals surface area (Å²) in [6.45, 7) is 0. The number of fused-ring (bicyclic) bond motifs is 1. The van der Waals surface area contributed by atoms with E-state index in [0.717, 1.165) is 10.1 Å². The Morgan fingerprint density at radius 2 is 2.25 bits per heavy atom. The Hall–Kier alpha value is -1.22. The molecule has 1 aromatic carbocycles. The van der Waals surface area contributed by atoms with E-state index < -0.39 is 0 Å². The van der Waals surface area contributed by atoms with E-state index in [9.17, 15) is 5.11 Å². The zero-order valence-corrected chi connectivity index (χ0v) is 7.39. The number of aromatic hydroxyl groups is 1. The summed E-state index contributed by atoms with van der Waals surface area (Å²) in [4.78, 5) is 0. The maximum absolute atomic E-state index is 9.41. The van der Waals surface area contributed by atoms with Crippen LogP contribution in [0.1, 0.15) is 0 Å². The predicted molar refractivity (Wildman–Crippen MR) is 50.0 cm³/mol. The average Bonchev–Trinajstić information content (AvgIpc) is 2.49. The second-order valence-corrected chi connectivity index (χ2v) is 3.43. The largest absolute Gasteiger partial charge is 0.504 e. The highest BCUT2D eigenvalue weighted by molar-refractivity contribution is 7.17. The van der Waals surface area contributed by atoms with Crippen LogP contribution < -0.4 is 4.74 Å². The Bertz CT molecular complexity index is 406. The number of thiophene rings is 1. The van der Waals surface area contributed by atoms with Crippen LogP contribution in [0, 0.1) is 0 Å². The molecular weight excluding hydrogens is 172 g/mol. The molecule has 0 spiro atoms. The number of methoxy groups -OCH3 is 1. The van der Waals surface area contributed by atoms with Gasteiger partial charge >= 0.3 is 0 Å². The lowest BCUT2D eigenvalue weighted by Gasteiger charge is -2.01. The molecule has 2 nitrogen and oxygen atoms in total. The summed E-state index contributed by atoms with van der Waals surface area (Å²) in [5.41, 5.74) is 0. The van der Waals surface area contributed by atoms with Gasteiger partial charge in [0.1, 0.15) is 0 Å². The lowest BCUT2D eigenvalue weighted by molar-refractivity contribution is 0.374. The van der Waals surface area contributed by atoms with Gasteiger partial charge in [-0.15, -0.1) is 11.3 Å². The first-order valence-electron chi connectivity index (χ1n) is 3.55. The second-order valence-electron chi connectivity index (χ2n) is 2.48. The van der Waals surface area contributed by atoms with E-state index in [4.69, 9.17) is 4.74 Å². The van der Waals surface area contributed by atoms with Gasteiger partial charge in [0.2, 0.25) is 0 Å². The molecule has 0 fully saturated rings. The van der Waals surface area contributed by atoms with E-state index in [1.165, 1.54) is 0 Å². The third-order valence-corrected chi connectivity index (χ3v) is 2.63. The monoisotopic (exact) mass is 180 g/mol. The molecule has 1 aromatic heterocycles. The molecule has 0 amide bonds. The summed E-state index contributed by atoms with van der Waals surface area (Å²) in [5, 5.41) is 12.5. The maximum atomic E-state index is 9.41. The molecule has 62 valence electrons. The first kappa shape index (κ1) is 7.43. The fourth-order valence-electron chi connectivity index (χ4n) is 1.14. The van der Waals surface area contributed by atoms with Gasteiger partial charge in [-0.25, -0.2) is 0 Å². The molecule has 3 heteroatoms. The number of rotatable bonds is 1. The second kappa shape index (κ2) is 2.68. The van der Waals surface area contributed by atoms with E-state index in [1.54, 1.807) is 24.5 Å². The van der Waals surface area contributed by atoms with Gasteiger partial charge in [-0.2, -0.15) is 0 Å². The standard InChI is InChI=1S/C9H8O2S/c1-11-8-5-9-6(2-3-12-9)4-7(8)10/h2-5,10H,1H3. The Balaban J connectivity index is 2.73. The van der Waals surface area contributed by atoms with Gasteiger partial charge in [-0.05, 0) is 22.9 Å². The number of phenolic OH excluding ortho intramolecular Hbond substituents is 1. The third-order valence-electron chi connectivity index (χ3n) is 1.75. The molecule has 0 unspecified atom stereocenters. The first-order valence-corrected chi connectivity index (χ1v) is 4.43. The van der Waals surface area contributed by atoms with E-state index in [0.29, 0.717) is 5.75 Å². The maximum Gasteiger partial charge on any atom is 0.161 e. The van der Waals surface area contributed by atoms with Crippen molar-refractivity contribution in [3.8, 4) is 11.5 Å². The van der Waals surface area contributed by atoms with Gasteiger partial charge in [0.25, 0.3) is 0 Å². The van der Waals surface area contributed by atoms with Crippen molar-refractivity contribution in [1.82, 2.24) is 0 Å². The smallest absolute Gasteiger partial charge is 0.161 e. The Morgan fingerprint density at radius 1 is 1.42 bits per heavy atom. The van der Waals surface area contributed by atoms with Crippen LogP contribution >= 0.6 is 11.3 Å². The number of ether oxygens (including phenoxy) is 1. The molecule has 0 atom stereocenters. The Labute approximate surface area is 74.0 Å². The summed E-state index contributed by atoms with van der Waals surface area (Å²) < 4.78 is 6.11. The molecule has 1 heterocycles. The minimum atomic E-state index is 0.198. The fraction of sp³-hybridized carbons (Fsp3) is 0.111. The molecular formula is C9H8O2S. The van der Waals surface area contributed by atoms with E-state index in [2.05, 4.69) is 0 Å². The van der Waals surface area contributed by atoms with Crippen LogP contribution in [0.2, 0.25) is 0 Å². The molecule has 2 aromatic rings. The van der Waals surface area contributed by atoms with Crippen molar-refractivity contribution >= 4 is 21.4 Å². The van der Waals surface area contributed by atoms with Crippen LogP contribution in [0.15, 0.2) is 23.6 Å². The van der Waals surface area contributed by atoms with Crippen LogP contribution in [0.25, 0.3) is 10.1 Å². The van der Waals surface area contributed by atoms with Crippen molar-refractivity contribution in [2.75, 3.05) is 7.11 Å². The SMILES string of the molecule is COc1cc2sccc2cc1O. The summed E-state index contributed by atoms with van der Waals surface area (Å²) in [6, 6.07) is 5.53. The van der Waals surface area contributed by atoms with Gasteiger partial charge in [-0.1, -0.05) is 0 Å². The van der Waals surface area contributed by atoms with Crippen LogP contribution in [0.5, 0.6) is 11.5 Å². The van der Waals surface area contributed by atoms with Crippen LogP contribution in [0.4, 0.5) is 0 Å². The van der Waals surface area contributed by atoms with Crippen molar-refractivity contribution in [2.24, 2.45) is 0 Å². The van der Waals surface area contributed by atoms with Gasteiger partial charge in [0.05, 0.1) is 7.11 Å². The zero-order valence-electron chi connectivity index (χ0n) is 6.57. The minimum Gasteiger partial charge on any atom is -0.504 e. The quantitative estimate of drug-likeness (QED) is 0.731. The topological polar surface area (TPSA) is 29.5 Å². The van der Waals surface area contributed by atoms with Gasteiger partial charge in [0.15, 0.2) is 11.5 Å². The van der Waals surface area contributed by atoms with E-state index in [1.807, 2.05) is 17.5 Å². The summed E-state index contributed by atoms with van der Waals surface area (Å²) >= 11 is 1.63. The molecule has 0 saturated carbocycles. The normalized spacial score (nSPS) is 10.4. The van der Waals surface area contributed by atoms with Crippen molar-refractivity contribution < 1.29 is 9.84 Å². The van der Waals surface area contributed by atoms with Crippen molar-refractivity contribution in [2.45, 2.75) is 0 Å². The molecule has 2 rings (SSSR count). The zero-order chi connectivity index (χ0) is 8.55. The van der Waals surface area contributed by atoms with Gasteiger partial charge < -0.3 is 9.84 Å². The Morgan fingerprint density at radius 3 is 3.00 bits per heavy atom. The molecule has 0 bridgehead atoms. The predicted octanol–water partition coefficient (Wildman–Crippen LogP) is 2.62. The molecule has 0 radical (unpaired) electrons. The minimum absolute atomic E-state index is 0.198. The lowest BCUT2D eigenvalue weighted by Crippen LogP contribution is -1.81. The van der Waals surface area contributed by atoms with Gasteiger partial charge in [0, 0.05) is 10.8 Å². The first-order chi connectivity index (χ1) is 5.81. The number of benzene rings is 1. The van der Waals surface area contributed by atoms with E-state index >= 15 is 0 Å². The van der Waals surface area contributed by atoms with Crippen LogP contribution in [0.3, 0.4) is 0 Å². The highest BCUT2D eigenvalue weighted by atomic mass is 32.1. The molecule has 0 aliphatic carbocycles. The molecule has 12 heavy (non-hydrogen) atoms. The lowest BCUT2D eigenvalue weighted by atomic mass is 10.2. The average molecular weight is 180 g/mol. The van der Waals surface area contributed by atoms with Crippen LogP contribution in [-0.4, -0.2) is 12.2 Å². The molecule has 1 N–H and O–H groups in total.